The van der Waals surface area contributed by atoms with Crippen LogP contribution in [0.3, 0.4) is 0 Å². The van der Waals surface area contributed by atoms with Gasteiger partial charge < -0.3 is 21.7 Å². The van der Waals surface area contributed by atoms with Gasteiger partial charge in [-0.3, -0.25) is 9.78 Å². The van der Waals surface area contributed by atoms with Crippen LogP contribution in [-0.4, -0.2) is 40.0 Å². The number of pyridine rings is 1. The molecule has 1 amide bonds. The molecule has 1 aliphatic heterocycles. The van der Waals surface area contributed by atoms with Crippen LogP contribution in [0.5, 0.6) is 0 Å². The predicted octanol–water partition coefficient (Wildman–Crippen LogP) is 2.58. The second kappa shape index (κ2) is 8.60. The summed E-state index contributed by atoms with van der Waals surface area (Å²) < 4.78 is 28.3. The van der Waals surface area contributed by atoms with Gasteiger partial charge in [-0.2, -0.15) is 0 Å². The first-order valence-corrected chi connectivity index (χ1v) is 9.77. The summed E-state index contributed by atoms with van der Waals surface area (Å²) in [5, 5.41) is 2.75. The molecule has 2 aromatic heterocycles. The van der Waals surface area contributed by atoms with Crippen LogP contribution in [0.25, 0.3) is 11.4 Å². The van der Waals surface area contributed by atoms with Gasteiger partial charge in [0.25, 0.3) is 5.91 Å². The van der Waals surface area contributed by atoms with E-state index in [0.717, 1.165) is 43.4 Å². The third-order valence-electron chi connectivity index (χ3n) is 5.06. The lowest BCUT2D eigenvalue weighted by atomic mass is 10.1. The van der Waals surface area contributed by atoms with E-state index in [1.165, 1.54) is 12.3 Å². The number of amides is 1. The summed E-state index contributed by atoms with van der Waals surface area (Å²) in [5.41, 5.74) is 12.5. The van der Waals surface area contributed by atoms with Crippen molar-refractivity contribution in [3.8, 4) is 11.4 Å². The molecule has 1 fully saturated rings. The van der Waals surface area contributed by atoms with E-state index in [2.05, 4.69) is 25.2 Å². The summed E-state index contributed by atoms with van der Waals surface area (Å²) in [7, 11) is 0. The quantitative estimate of drug-likeness (QED) is 0.587. The highest BCUT2D eigenvalue weighted by Gasteiger charge is 2.22. The molecule has 3 heterocycles. The normalized spacial score (nSPS) is 16.2. The van der Waals surface area contributed by atoms with Crippen molar-refractivity contribution in [3.05, 3.63) is 60.2 Å². The van der Waals surface area contributed by atoms with Crippen molar-refractivity contribution in [2.24, 2.45) is 5.73 Å². The molecule has 4 rings (SSSR count). The number of piperidine rings is 1. The zero-order chi connectivity index (χ0) is 22.0. The van der Waals surface area contributed by atoms with E-state index in [1.54, 1.807) is 12.3 Å². The zero-order valence-corrected chi connectivity index (χ0v) is 16.6. The molecule has 0 saturated carbocycles. The van der Waals surface area contributed by atoms with Crippen molar-refractivity contribution in [2.45, 2.75) is 18.9 Å². The Morgan fingerprint density at radius 1 is 1.19 bits per heavy atom. The summed E-state index contributed by atoms with van der Waals surface area (Å²) >= 11 is 0. The molecule has 0 aliphatic carbocycles. The van der Waals surface area contributed by atoms with Gasteiger partial charge in [0.1, 0.15) is 11.6 Å². The number of carbonyl (C=O) groups excluding carboxylic acids is 1. The highest BCUT2D eigenvalue weighted by Crippen LogP contribution is 2.29. The maximum Gasteiger partial charge on any atom is 0.276 e. The Labute approximate surface area is 177 Å². The summed E-state index contributed by atoms with van der Waals surface area (Å²) in [5.74, 6) is -2.60. The summed E-state index contributed by atoms with van der Waals surface area (Å²) in [4.78, 5) is 27.0. The Hall–Kier alpha value is -3.66. The Morgan fingerprint density at radius 2 is 1.97 bits per heavy atom. The monoisotopic (exact) mass is 425 g/mol. The van der Waals surface area contributed by atoms with E-state index in [9.17, 15) is 13.6 Å². The fourth-order valence-electron chi connectivity index (χ4n) is 3.57. The lowest BCUT2D eigenvalue weighted by Crippen LogP contribution is -2.43. The van der Waals surface area contributed by atoms with Crippen molar-refractivity contribution in [1.29, 1.82) is 0 Å². The van der Waals surface area contributed by atoms with Crippen LogP contribution < -0.4 is 21.7 Å². The number of benzene rings is 1. The molecule has 5 N–H and O–H groups in total. The van der Waals surface area contributed by atoms with Gasteiger partial charge >= 0.3 is 0 Å². The average molecular weight is 425 g/mol. The number of nitrogens with zero attached hydrogens (tertiary/aromatic N) is 4. The fraction of sp³-hybridized carbons (Fsp3) is 0.238. The number of halogens is 2. The topological polar surface area (TPSA) is 123 Å². The van der Waals surface area contributed by atoms with Crippen molar-refractivity contribution < 1.29 is 13.6 Å². The van der Waals surface area contributed by atoms with Crippen LogP contribution in [0.2, 0.25) is 0 Å². The molecule has 3 aromatic rings. The van der Waals surface area contributed by atoms with E-state index in [4.69, 9.17) is 11.5 Å². The standard InChI is InChI=1S/C21H21F2N7O/c22-13-4-1-5-14(23)18(13)20-27-9-15(25)19(29-20)21(31)28-16-10-26-7-6-17(16)30-8-2-3-12(24)11-30/h1,4-7,9-10,12H,2-3,8,11,24-25H2,(H,28,31)/t12-/m0/s1. The van der Waals surface area contributed by atoms with Gasteiger partial charge in [0, 0.05) is 25.3 Å². The maximum atomic E-state index is 14.1. The SMILES string of the molecule is Nc1cnc(-c2c(F)cccc2F)nc1C(=O)Nc1cnccc1N1CCC[C@H](N)C1. The van der Waals surface area contributed by atoms with Gasteiger partial charge in [0.2, 0.25) is 0 Å². The molecule has 1 aliphatic rings. The van der Waals surface area contributed by atoms with Gasteiger partial charge in [-0.15, -0.1) is 0 Å². The second-order valence-corrected chi connectivity index (χ2v) is 7.29. The zero-order valence-electron chi connectivity index (χ0n) is 16.6. The lowest BCUT2D eigenvalue weighted by Gasteiger charge is -2.33. The van der Waals surface area contributed by atoms with Crippen LogP contribution in [0, 0.1) is 11.6 Å². The molecule has 31 heavy (non-hydrogen) atoms. The van der Waals surface area contributed by atoms with Crippen molar-refractivity contribution in [2.75, 3.05) is 29.0 Å². The molecular weight excluding hydrogens is 404 g/mol. The minimum absolute atomic E-state index is 0.0246. The largest absolute Gasteiger partial charge is 0.396 e. The van der Waals surface area contributed by atoms with E-state index < -0.39 is 23.1 Å². The average Bonchev–Trinajstić information content (AvgIpc) is 2.75. The third-order valence-corrected chi connectivity index (χ3v) is 5.06. The van der Waals surface area contributed by atoms with Gasteiger partial charge in [0.05, 0.1) is 35.0 Å². The van der Waals surface area contributed by atoms with Crippen LogP contribution in [0.4, 0.5) is 25.8 Å². The molecule has 0 unspecified atom stereocenters. The minimum Gasteiger partial charge on any atom is -0.396 e. The van der Waals surface area contributed by atoms with E-state index in [0.29, 0.717) is 12.2 Å². The van der Waals surface area contributed by atoms with E-state index in [1.807, 2.05) is 0 Å². The second-order valence-electron chi connectivity index (χ2n) is 7.29. The van der Waals surface area contributed by atoms with Gasteiger partial charge in [-0.1, -0.05) is 6.07 Å². The van der Waals surface area contributed by atoms with Crippen LogP contribution in [-0.2, 0) is 0 Å². The number of hydrogen-bond acceptors (Lipinski definition) is 7. The number of nitrogens with two attached hydrogens (primary N) is 2. The first-order chi connectivity index (χ1) is 14.9. The van der Waals surface area contributed by atoms with Crippen molar-refractivity contribution in [3.63, 3.8) is 0 Å². The summed E-state index contributed by atoms with van der Waals surface area (Å²) in [6.07, 6.45) is 6.17. The number of rotatable bonds is 4. The maximum absolute atomic E-state index is 14.1. The molecule has 0 radical (unpaired) electrons. The van der Waals surface area contributed by atoms with Gasteiger partial charge in [-0.05, 0) is 31.0 Å². The van der Waals surface area contributed by atoms with Crippen molar-refractivity contribution >= 4 is 23.0 Å². The molecule has 0 bridgehead atoms. The Morgan fingerprint density at radius 3 is 2.71 bits per heavy atom. The third kappa shape index (κ3) is 4.29. The lowest BCUT2D eigenvalue weighted by molar-refractivity contribution is 0.102. The van der Waals surface area contributed by atoms with E-state index >= 15 is 0 Å². The fourth-order valence-corrected chi connectivity index (χ4v) is 3.57. The minimum atomic E-state index is -0.841. The molecule has 160 valence electrons. The number of carbonyl (C=O) groups is 1. The number of aromatic nitrogens is 3. The Kier molecular flexibility index (Phi) is 5.72. The number of anilines is 3. The molecule has 1 aromatic carbocycles. The van der Waals surface area contributed by atoms with Crippen molar-refractivity contribution in [1.82, 2.24) is 15.0 Å². The first-order valence-electron chi connectivity index (χ1n) is 9.77. The number of nitrogen functional groups attached to an aromatic ring is 1. The smallest absolute Gasteiger partial charge is 0.276 e. The highest BCUT2D eigenvalue weighted by molar-refractivity contribution is 6.07. The van der Waals surface area contributed by atoms with Gasteiger partial charge in [-0.25, -0.2) is 18.7 Å². The Balaban J connectivity index is 1.65. The summed E-state index contributed by atoms with van der Waals surface area (Å²) in [6.45, 7) is 1.45. The molecule has 0 spiro atoms. The molecule has 1 atom stereocenters. The van der Waals surface area contributed by atoms with Gasteiger partial charge in [0.15, 0.2) is 11.5 Å². The molecule has 1 saturated heterocycles. The van der Waals surface area contributed by atoms with Crippen LogP contribution in [0.15, 0.2) is 42.9 Å². The molecular formula is C21H21F2N7O. The first kappa shape index (κ1) is 20.6. The Bertz CT molecular complexity index is 1100. The number of hydrogen-bond donors (Lipinski definition) is 3. The van der Waals surface area contributed by atoms with Crippen LogP contribution in [0.1, 0.15) is 23.3 Å². The molecule has 10 heteroatoms. The molecule has 8 nitrogen and oxygen atoms in total. The van der Waals surface area contributed by atoms with Crippen LogP contribution >= 0.6 is 0 Å². The highest BCUT2D eigenvalue weighted by atomic mass is 19.1. The number of nitrogens with one attached hydrogen (secondary N) is 1. The predicted molar refractivity (Wildman–Crippen MR) is 113 cm³/mol. The van der Waals surface area contributed by atoms with E-state index in [-0.39, 0.29) is 23.2 Å². The summed E-state index contributed by atoms with van der Waals surface area (Å²) in [6, 6.07) is 5.24.